The lowest BCUT2D eigenvalue weighted by Gasteiger charge is -2.35. The lowest BCUT2D eigenvalue weighted by molar-refractivity contribution is 0.102. The van der Waals surface area contributed by atoms with E-state index in [0.29, 0.717) is 5.41 Å². The van der Waals surface area contributed by atoms with E-state index in [1.807, 2.05) is 6.08 Å². The van der Waals surface area contributed by atoms with Gasteiger partial charge in [0, 0.05) is 0 Å². The summed E-state index contributed by atoms with van der Waals surface area (Å²) in [5.41, 5.74) is -0.275. The molecule has 1 atom stereocenters. The van der Waals surface area contributed by atoms with Crippen LogP contribution in [-0.4, -0.2) is 10.7 Å². The van der Waals surface area contributed by atoms with Gasteiger partial charge < -0.3 is 5.11 Å². The number of hydrogen-bond donors (Lipinski definition) is 1. The molecule has 0 aromatic carbocycles. The van der Waals surface area contributed by atoms with Gasteiger partial charge in [-0.05, 0) is 31.1 Å². The molecule has 0 amide bonds. The van der Waals surface area contributed by atoms with Crippen molar-refractivity contribution < 1.29 is 5.11 Å². The summed E-state index contributed by atoms with van der Waals surface area (Å²) in [6, 6.07) is 0. The molecule has 1 spiro atoms. The highest BCUT2D eigenvalue weighted by atomic mass is 16.3. The van der Waals surface area contributed by atoms with Crippen molar-refractivity contribution in [3.8, 4) is 0 Å². The van der Waals surface area contributed by atoms with Crippen molar-refractivity contribution in [3.05, 3.63) is 24.8 Å². The Bertz CT molecular complexity index is 236. The third kappa shape index (κ3) is 1.58. The molecule has 0 heterocycles. The maximum absolute atomic E-state index is 9.92. The highest BCUT2D eigenvalue weighted by Gasteiger charge is 2.37. The first kappa shape index (κ1) is 9.01. The average Bonchev–Trinajstić information content (AvgIpc) is 2.61. The second-order valence-electron chi connectivity index (χ2n) is 4.60. The van der Waals surface area contributed by atoms with E-state index >= 15 is 0 Å². The molecule has 1 heteroatoms. The molecule has 72 valence electrons. The predicted octanol–water partition coefficient (Wildman–Crippen LogP) is 2.81. The summed E-state index contributed by atoms with van der Waals surface area (Å²) in [7, 11) is 0. The fourth-order valence-electron chi connectivity index (χ4n) is 2.60. The molecule has 0 saturated heterocycles. The van der Waals surface area contributed by atoms with Gasteiger partial charge in [-0.25, -0.2) is 0 Å². The lowest BCUT2D eigenvalue weighted by Crippen LogP contribution is -2.31. The van der Waals surface area contributed by atoms with Crippen molar-refractivity contribution in [1.82, 2.24) is 0 Å². The molecule has 1 nitrogen and oxygen atoms in total. The van der Waals surface area contributed by atoms with E-state index in [-0.39, 0.29) is 0 Å². The van der Waals surface area contributed by atoms with Crippen LogP contribution in [0.4, 0.5) is 0 Å². The van der Waals surface area contributed by atoms with Crippen molar-refractivity contribution in [1.29, 1.82) is 0 Å². The monoisotopic (exact) mass is 178 g/mol. The topological polar surface area (TPSA) is 20.2 Å². The molecule has 0 aliphatic heterocycles. The Kier molecular flexibility index (Phi) is 2.07. The lowest BCUT2D eigenvalue weighted by atomic mass is 9.73. The van der Waals surface area contributed by atoms with Crippen LogP contribution in [0.5, 0.6) is 0 Å². The Morgan fingerprint density at radius 3 is 2.23 bits per heavy atom. The molecule has 1 N–H and O–H groups in total. The zero-order valence-corrected chi connectivity index (χ0v) is 8.13. The summed E-state index contributed by atoms with van der Waals surface area (Å²) in [5, 5.41) is 9.92. The van der Waals surface area contributed by atoms with E-state index in [0.717, 1.165) is 12.8 Å². The Balaban J connectivity index is 2.15. The smallest absolute Gasteiger partial charge is 0.101 e. The van der Waals surface area contributed by atoms with Crippen LogP contribution in [0, 0.1) is 5.41 Å². The SMILES string of the molecule is C=CC1(O)C=CC2(CCCC2)CC1. The van der Waals surface area contributed by atoms with Crippen LogP contribution in [0.25, 0.3) is 0 Å². The van der Waals surface area contributed by atoms with Crippen molar-refractivity contribution in [2.24, 2.45) is 5.41 Å². The van der Waals surface area contributed by atoms with Gasteiger partial charge in [-0.2, -0.15) is 0 Å². The second kappa shape index (κ2) is 2.98. The minimum absolute atomic E-state index is 0.440. The molecular formula is C12H18O. The van der Waals surface area contributed by atoms with Gasteiger partial charge in [0.2, 0.25) is 0 Å². The number of rotatable bonds is 1. The Morgan fingerprint density at radius 1 is 1.08 bits per heavy atom. The van der Waals surface area contributed by atoms with Crippen LogP contribution < -0.4 is 0 Å². The first-order chi connectivity index (χ1) is 6.18. The number of aliphatic hydroxyl groups is 1. The highest BCUT2D eigenvalue weighted by molar-refractivity contribution is 5.19. The molecule has 13 heavy (non-hydrogen) atoms. The molecule has 0 aromatic heterocycles. The summed E-state index contributed by atoms with van der Waals surface area (Å²) >= 11 is 0. The predicted molar refractivity (Wildman–Crippen MR) is 54.4 cm³/mol. The van der Waals surface area contributed by atoms with Gasteiger partial charge in [0.15, 0.2) is 0 Å². The number of hydrogen-bond acceptors (Lipinski definition) is 1. The zero-order chi connectivity index (χ0) is 9.36. The molecule has 0 radical (unpaired) electrons. The second-order valence-corrected chi connectivity index (χ2v) is 4.60. The largest absolute Gasteiger partial charge is 0.382 e. The molecule has 2 rings (SSSR count). The van der Waals surface area contributed by atoms with E-state index in [9.17, 15) is 5.11 Å². The Hall–Kier alpha value is -0.560. The van der Waals surface area contributed by atoms with Crippen molar-refractivity contribution in [3.63, 3.8) is 0 Å². The number of allylic oxidation sites excluding steroid dienone is 1. The first-order valence-corrected chi connectivity index (χ1v) is 5.25. The molecule has 2 aliphatic carbocycles. The minimum atomic E-state index is -0.714. The third-order valence-corrected chi connectivity index (χ3v) is 3.70. The van der Waals surface area contributed by atoms with Gasteiger partial charge in [0.25, 0.3) is 0 Å². The van der Waals surface area contributed by atoms with Gasteiger partial charge in [-0.3, -0.25) is 0 Å². The molecule has 1 saturated carbocycles. The van der Waals surface area contributed by atoms with Crippen molar-refractivity contribution in [2.45, 2.75) is 44.1 Å². The summed E-state index contributed by atoms with van der Waals surface area (Å²) in [6.07, 6.45) is 13.2. The average molecular weight is 178 g/mol. The fourth-order valence-corrected chi connectivity index (χ4v) is 2.60. The van der Waals surface area contributed by atoms with Gasteiger partial charge in [-0.1, -0.05) is 37.6 Å². The maximum atomic E-state index is 9.92. The molecule has 0 aromatic rings. The Morgan fingerprint density at radius 2 is 1.77 bits per heavy atom. The summed E-state index contributed by atoms with van der Waals surface area (Å²) in [6.45, 7) is 3.67. The summed E-state index contributed by atoms with van der Waals surface area (Å²) < 4.78 is 0. The molecule has 1 fully saturated rings. The molecule has 2 aliphatic rings. The van der Waals surface area contributed by atoms with Gasteiger partial charge in [0.1, 0.15) is 5.60 Å². The molecule has 1 unspecified atom stereocenters. The van der Waals surface area contributed by atoms with Crippen molar-refractivity contribution >= 4 is 0 Å². The summed E-state index contributed by atoms with van der Waals surface area (Å²) in [5.74, 6) is 0. The van der Waals surface area contributed by atoms with Crippen LogP contribution >= 0.6 is 0 Å². The van der Waals surface area contributed by atoms with Crippen LogP contribution in [0.1, 0.15) is 38.5 Å². The molecular weight excluding hydrogens is 160 g/mol. The van der Waals surface area contributed by atoms with Crippen LogP contribution in [0.2, 0.25) is 0 Å². The minimum Gasteiger partial charge on any atom is -0.382 e. The quantitative estimate of drug-likeness (QED) is 0.612. The van der Waals surface area contributed by atoms with Crippen LogP contribution in [-0.2, 0) is 0 Å². The van der Waals surface area contributed by atoms with Crippen LogP contribution in [0.3, 0.4) is 0 Å². The van der Waals surface area contributed by atoms with Crippen LogP contribution in [0.15, 0.2) is 24.8 Å². The van der Waals surface area contributed by atoms with Crippen molar-refractivity contribution in [2.75, 3.05) is 0 Å². The fraction of sp³-hybridized carbons (Fsp3) is 0.667. The van der Waals surface area contributed by atoms with Gasteiger partial charge >= 0.3 is 0 Å². The first-order valence-electron chi connectivity index (χ1n) is 5.25. The highest BCUT2D eigenvalue weighted by Crippen LogP contribution is 2.47. The third-order valence-electron chi connectivity index (χ3n) is 3.70. The standard InChI is InChI=1S/C12H18O/c1-2-12(13)9-7-11(8-10-12)5-3-4-6-11/h2,7,9,13H,1,3-6,8,10H2. The van der Waals surface area contributed by atoms with Gasteiger partial charge in [0.05, 0.1) is 0 Å². The van der Waals surface area contributed by atoms with E-state index < -0.39 is 5.60 Å². The molecule has 0 bridgehead atoms. The van der Waals surface area contributed by atoms with E-state index in [2.05, 4.69) is 12.7 Å². The normalized spacial score (nSPS) is 36.7. The van der Waals surface area contributed by atoms with E-state index in [1.165, 1.54) is 25.7 Å². The Labute approximate surface area is 80.2 Å². The zero-order valence-electron chi connectivity index (χ0n) is 8.13. The van der Waals surface area contributed by atoms with E-state index in [4.69, 9.17) is 0 Å². The van der Waals surface area contributed by atoms with E-state index in [1.54, 1.807) is 6.08 Å². The van der Waals surface area contributed by atoms with Gasteiger partial charge in [-0.15, -0.1) is 0 Å². The maximum Gasteiger partial charge on any atom is 0.101 e. The summed E-state index contributed by atoms with van der Waals surface area (Å²) in [4.78, 5) is 0.